The van der Waals surface area contributed by atoms with Crippen molar-refractivity contribution in [3.05, 3.63) is 66.2 Å². The van der Waals surface area contributed by atoms with Gasteiger partial charge in [0, 0.05) is 36.6 Å². The van der Waals surface area contributed by atoms with Crippen LogP contribution in [0.3, 0.4) is 0 Å². The van der Waals surface area contributed by atoms with Crippen molar-refractivity contribution >= 4 is 17.2 Å². The predicted octanol–water partition coefficient (Wildman–Crippen LogP) is 3.77. The fourth-order valence-electron chi connectivity index (χ4n) is 3.63. The van der Waals surface area contributed by atoms with Gasteiger partial charge in [-0.05, 0) is 49.1 Å². The monoisotopic (exact) mass is 372 g/mol. The summed E-state index contributed by atoms with van der Waals surface area (Å²) < 4.78 is 0. The van der Waals surface area contributed by atoms with Gasteiger partial charge in [0.05, 0.1) is 29.0 Å². The van der Waals surface area contributed by atoms with Crippen molar-refractivity contribution in [3.63, 3.8) is 0 Å². The van der Waals surface area contributed by atoms with Crippen LogP contribution >= 0.6 is 0 Å². The highest BCUT2D eigenvalue weighted by Crippen LogP contribution is 2.25. The van der Waals surface area contributed by atoms with Crippen molar-refractivity contribution in [2.24, 2.45) is 5.92 Å². The van der Waals surface area contributed by atoms with Gasteiger partial charge in [0.15, 0.2) is 0 Å². The largest absolute Gasteiger partial charge is 0.397 e. The van der Waals surface area contributed by atoms with Crippen molar-refractivity contribution in [1.29, 1.82) is 5.41 Å². The summed E-state index contributed by atoms with van der Waals surface area (Å²) in [5.41, 5.74) is 9.79. The summed E-state index contributed by atoms with van der Waals surface area (Å²) >= 11 is 0. The number of nitrogen functional groups attached to an aromatic ring is 1. The van der Waals surface area contributed by atoms with Crippen LogP contribution in [0.15, 0.2) is 55.0 Å². The average molecular weight is 372 g/mol. The summed E-state index contributed by atoms with van der Waals surface area (Å²) in [7, 11) is 0. The Kier molecular flexibility index (Phi) is 5.02. The van der Waals surface area contributed by atoms with Crippen LogP contribution in [-0.2, 0) is 0 Å². The first-order chi connectivity index (χ1) is 13.6. The molecular formula is C22H24N6. The highest BCUT2D eigenvalue weighted by atomic mass is 15.2. The number of anilines is 2. The Bertz CT molecular complexity index is 985. The number of piperidine rings is 1. The normalized spacial score (nSPS) is 16.8. The lowest BCUT2D eigenvalue weighted by Crippen LogP contribution is -2.35. The molecule has 0 aliphatic carbocycles. The van der Waals surface area contributed by atoms with E-state index in [1.54, 1.807) is 18.6 Å². The number of rotatable bonds is 4. The molecule has 1 saturated heterocycles. The minimum absolute atomic E-state index is 0.303. The summed E-state index contributed by atoms with van der Waals surface area (Å²) in [6, 6.07) is 11.5. The second-order valence-corrected chi connectivity index (χ2v) is 7.35. The molecule has 0 bridgehead atoms. The highest BCUT2D eigenvalue weighted by molar-refractivity contribution is 6.13. The molecule has 0 saturated carbocycles. The van der Waals surface area contributed by atoms with Gasteiger partial charge in [0.2, 0.25) is 0 Å². The quantitative estimate of drug-likeness (QED) is 0.680. The third kappa shape index (κ3) is 3.71. The molecule has 28 heavy (non-hydrogen) atoms. The zero-order valence-electron chi connectivity index (χ0n) is 16.0. The van der Waals surface area contributed by atoms with E-state index < -0.39 is 0 Å². The first-order valence-corrected chi connectivity index (χ1v) is 9.59. The van der Waals surface area contributed by atoms with Crippen LogP contribution in [0.25, 0.3) is 11.3 Å². The Morgan fingerprint density at radius 1 is 1.21 bits per heavy atom. The van der Waals surface area contributed by atoms with Gasteiger partial charge in [-0.25, -0.2) is 4.98 Å². The number of nitrogens with zero attached hydrogens (tertiary/aromatic N) is 4. The molecule has 3 aromatic rings. The fourth-order valence-corrected chi connectivity index (χ4v) is 3.63. The minimum atomic E-state index is 0.303. The molecule has 0 amide bonds. The number of pyridine rings is 3. The molecule has 142 valence electrons. The van der Waals surface area contributed by atoms with E-state index in [1.165, 1.54) is 12.8 Å². The third-order valence-electron chi connectivity index (χ3n) is 5.13. The van der Waals surface area contributed by atoms with Crippen molar-refractivity contribution in [3.8, 4) is 11.3 Å². The maximum Gasteiger partial charge on any atom is 0.129 e. The molecule has 4 heterocycles. The molecule has 0 unspecified atom stereocenters. The van der Waals surface area contributed by atoms with E-state index in [1.807, 2.05) is 36.4 Å². The van der Waals surface area contributed by atoms with Gasteiger partial charge >= 0.3 is 0 Å². The van der Waals surface area contributed by atoms with Gasteiger partial charge < -0.3 is 10.6 Å². The van der Waals surface area contributed by atoms with Gasteiger partial charge in [0.1, 0.15) is 5.82 Å². The summed E-state index contributed by atoms with van der Waals surface area (Å²) in [6.45, 7) is 4.29. The Balaban J connectivity index is 1.65. The number of nitrogens with one attached hydrogen (secondary N) is 1. The second-order valence-electron chi connectivity index (χ2n) is 7.35. The number of hydrogen-bond donors (Lipinski definition) is 2. The lowest BCUT2D eigenvalue weighted by molar-refractivity contribution is 0.444. The highest BCUT2D eigenvalue weighted by Gasteiger charge is 2.19. The smallest absolute Gasteiger partial charge is 0.129 e. The van der Waals surface area contributed by atoms with E-state index in [-0.39, 0.29) is 0 Å². The van der Waals surface area contributed by atoms with E-state index in [4.69, 9.17) is 16.1 Å². The molecule has 6 nitrogen and oxygen atoms in total. The molecule has 0 radical (unpaired) electrons. The van der Waals surface area contributed by atoms with Crippen LogP contribution in [0.2, 0.25) is 0 Å². The van der Waals surface area contributed by atoms with E-state index in [9.17, 15) is 0 Å². The summed E-state index contributed by atoms with van der Waals surface area (Å²) in [5.74, 6) is 1.59. The van der Waals surface area contributed by atoms with Gasteiger partial charge in [0.25, 0.3) is 0 Å². The van der Waals surface area contributed by atoms with Gasteiger partial charge in [-0.3, -0.25) is 15.4 Å². The lowest BCUT2D eigenvalue weighted by atomic mass is 10.00. The topological polar surface area (TPSA) is 91.8 Å². The summed E-state index contributed by atoms with van der Waals surface area (Å²) in [4.78, 5) is 15.6. The van der Waals surface area contributed by atoms with Crippen molar-refractivity contribution < 1.29 is 0 Å². The van der Waals surface area contributed by atoms with Crippen LogP contribution in [-0.4, -0.2) is 33.8 Å². The molecule has 1 aliphatic rings. The van der Waals surface area contributed by atoms with Crippen LogP contribution in [0.4, 0.5) is 11.5 Å². The van der Waals surface area contributed by atoms with Gasteiger partial charge in [-0.1, -0.05) is 13.0 Å². The Hall–Kier alpha value is -3.28. The van der Waals surface area contributed by atoms with Crippen molar-refractivity contribution in [2.45, 2.75) is 19.8 Å². The molecule has 1 fully saturated rings. The maximum atomic E-state index is 8.72. The first kappa shape index (κ1) is 18.1. The fraction of sp³-hybridized carbons (Fsp3) is 0.273. The zero-order chi connectivity index (χ0) is 19.5. The standard InChI is InChI=1S/C22H24N6/c1-15-5-4-10-28(14-15)21-8-2-7-19(27-21)22(24)17-11-20(26-13-18(17)23)16-6-3-9-25-12-16/h2-3,6-9,11-13,15,24H,4-5,10,14,23H2,1H3/t15-/m0/s1. The van der Waals surface area contributed by atoms with E-state index >= 15 is 0 Å². The van der Waals surface area contributed by atoms with Gasteiger partial charge in [-0.2, -0.15) is 0 Å². The Labute approximate surface area is 165 Å². The third-order valence-corrected chi connectivity index (χ3v) is 5.13. The maximum absolute atomic E-state index is 8.72. The molecular weight excluding hydrogens is 348 g/mol. The Morgan fingerprint density at radius 2 is 2.11 bits per heavy atom. The molecule has 1 aliphatic heterocycles. The minimum Gasteiger partial charge on any atom is -0.397 e. The number of nitrogens with two attached hydrogens (primary N) is 1. The van der Waals surface area contributed by atoms with Crippen LogP contribution < -0.4 is 10.6 Å². The second kappa shape index (κ2) is 7.76. The number of aromatic nitrogens is 3. The van der Waals surface area contributed by atoms with Crippen LogP contribution in [0.1, 0.15) is 31.0 Å². The lowest BCUT2D eigenvalue weighted by Gasteiger charge is -2.32. The molecule has 1 atom stereocenters. The average Bonchev–Trinajstić information content (AvgIpc) is 2.74. The molecule has 0 aromatic carbocycles. The summed E-state index contributed by atoms with van der Waals surface area (Å²) in [6.07, 6.45) is 7.51. The van der Waals surface area contributed by atoms with Crippen LogP contribution in [0.5, 0.6) is 0 Å². The van der Waals surface area contributed by atoms with Crippen molar-refractivity contribution in [2.75, 3.05) is 23.7 Å². The van der Waals surface area contributed by atoms with E-state index in [0.29, 0.717) is 28.6 Å². The first-order valence-electron chi connectivity index (χ1n) is 9.59. The van der Waals surface area contributed by atoms with E-state index in [0.717, 1.165) is 30.2 Å². The van der Waals surface area contributed by atoms with Crippen LogP contribution in [0, 0.1) is 11.3 Å². The summed E-state index contributed by atoms with van der Waals surface area (Å²) in [5, 5.41) is 8.72. The molecule has 4 rings (SSSR count). The van der Waals surface area contributed by atoms with Crippen molar-refractivity contribution in [1.82, 2.24) is 15.0 Å². The SMILES string of the molecule is C[C@H]1CCCN(c2cccc(C(=N)c3cc(-c4cccnc4)ncc3N)n2)C1. The molecule has 3 aromatic heterocycles. The number of hydrogen-bond acceptors (Lipinski definition) is 6. The van der Waals surface area contributed by atoms with Gasteiger partial charge in [-0.15, -0.1) is 0 Å². The molecule has 3 N–H and O–H groups in total. The van der Waals surface area contributed by atoms with E-state index in [2.05, 4.69) is 21.8 Å². The zero-order valence-corrected chi connectivity index (χ0v) is 16.0. The molecule has 0 spiro atoms. The predicted molar refractivity (Wildman–Crippen MR) is 113 cm³/mol. The Morgan fingerprint density at radius 3 is 2.89 bits per heavy atom. The molecule has 6 heteroatoms.